The van der Waals surface area contributed by atoms with Gasteiger partial charge in [-0.25, -0.2) is 0 Å². The van der Waals surface area contributed by atoms with Crippen molar-refractivity contribution in [1.29, 1.82) is 0 Å². The quantitative estimate of drug-likeness (QED) is 0.785. The molecular weight excluding hydrogens is 262 g/mol. The van der Waals surface area contributed by atoms with Gasteiger partial charge in [0.25, 0.3) is 0 Å². The molecule has 0 spiro atoms. The number of aryl methyl sites for hydroxylation is 4. The molecule has 21 heavy (non-hydrogen) atoms. The smallest absolute Gasteiger partial charge is 0.129 e. The maximum Gasteiger partial charge on any atom is 0.129 e. The topological polar surface area (TPSA) is 61.7 Å². The Hall–Kier alpha value is -2.56. The Labute approximate surface area is 124 Å². The maximum atomic E-state index is 6.25. The van der Waals surface area contributed by atoms with E-state index in [9.17, 15) is 0 Å². The number of nitrogens with two attached hydrogens (primary N) is 1. The number of anilines is 1. The molecule has 2 heterocycles. The molecule has 2 N–H and O–H groups in total. The van der Waals surface area contributed by atoms with E-state index in [1.807, 2.05) is 33.3 Å². The summed E-state index contributed by atoms with van der Waals surface area (Å²) in [5, 5.41) is 9.00. The van der Waals surface area contributed by atoms with Gasteiger partial charge in [0, 0.05) is 25.9 Å². The van der Waals surface area contributed by atoms with Crippen molar-refractivity contribution in [2.45, 2.75) is 13.8 Å². The second kappa shape index (κ2) is 4.77. The van der Waals surface area contributed by atoms with Crippen LogP contribution in [0.4, 0.5) is 5.82 Å². The van der Waals surface area contributed by atoms with Crippen LogP contribution in [0.2, 0.25) is 0 Å². The molecule has 0 saturated heterocycles. The number of rotatable bonds is 2. The minimum Gasteiger partial charge on any atom is -0.383 e. The van der Waals surface area contributed by atoms with Gasteiger partial charge in [-0.1, -0.05) is 29.8 Å². The number of hydrogen-bond acceptors (Lipinski definition) is 3. The zero-order valence-electron chi connectivity index (χ0n) is 12.8. The zero-order chi connectivity index (χ0) is 15.1. The number of benzene rings is 1. The highest BCUT2D eigenvalue weighted by molar-refractivity contribution is 5.88. The molecule has 5 nitrogen and oxygen atoms in total. The number of nitrogen functional groups attached to an aromatic ring is 1. The third kappa shape index (κ3) is 2.20. The molecule has 1 aromatic carbocycles. The van der Waals surface area contributed by atoms with Crippen LogP contribution in [-0.2, 0) is 14.1 Å². The molecule has 108 valence electrons. The summed E-state index contributed by atoms with van der Waals surface area (Å²) in [6.45, 7) is 4.06. The van der Waals surface area contributed by atoms with Gasteiger partial charge in [-0.3, -0.25) is 9.36 Å². The summed E-state index contributed by atoms with van der Waals surface area (Å²) >= 11 is 0. The van der Waals surface area contributed by atoms with Gasteiger partial charge >= 0.3 is 0 Å². The molecule has 0 saturated carbocycles. The van der Waals surface area contributed by atoms with Crippen molar-refractivity contribution >= 4 is 5.82 Å². The van der Waals surface area contributed by atoms with E-state index in [0.717, 1.165) is 28.1 Å². The number of aromatic nitrogens is 4. The van der Waals surface area contributed by atoms with Gasteiger partial charge in [0.2, 0.25) is 0 Å². The molecule has 0 fully saturated rings. The van der Waals surface area contributed by atoms with Gasteiger partial charge in [0.15, 0.2) is 0 Å². The summed E-state index contributed by atoms with van der Waals surface area (Å²) in [6.07, 6.45) is 1.98. The van der Waals surface area contributed by atoms with Crippen LogP contribution in [0.5, 0.6) is 0 Å². The van der Waals surface area contributed by atoms with E-state index in [1.54, 1.807) is 9.36 Å². The largest absolute Gasteiger partial charge is 0.383 e. The molecular formula is C16H19N5. The summed E-state index contributed by atoms with van der Waals surface area (Å²) < 4.78 is 3.52. The normalized spacial score (nSPS) is 11.0. The lowest BCUT2D eigenvalue weighted by Crippen LogP contribution is -1.98. The third-order valence-electron chi connectivity index (χ3n) is 3.67. The highest BCUT2D eigenvalue weighted by Gasteiger charge is 2.20. The van der Waals surface area contributed by atoms with Gasteiger partial charge in [0.1, 0.15) is 11.5 Å². The summed E-state index contributed by atoms with van der Waals surface area (Å²) in [4.78, 5) is 0. The van der Waals surface area contributed by atoms with E-state index >= 15 is 0 Å². The lowest BCUT2D eigenvalue weighted by Gasteiger charge is -2.05. The molecule has 0 amide bonds. The lowest BCUT2D eigenvalue weighted by atomic mass is 10.00. The van der Waals surface area contributed by atoms with E-state index in [2.05, 4.69) is 35.3 Å². The number of hydrogen-bond donors (Lipinski definition) is 1. The van der Waals surface area contributed by atoms with Crippen molar-refractivity contribution in [3.05, 3.63) is 41.7 Å². The minimum absolute atomic E-state index is 0.666. The zero-order valence-corrected chi connectivity index (χ0v) is 12.8. The van der Waals surface area contributed by atoms with E-state index in [4.69, 9.17) is 5.73 Å². The molecule has 0 bridgehead atoms. The molecule has 5 heteroatoms. The molecule has 0 aliphatic carbocycles. The third-order valence-corrected chi connectivity index (χ3v) is 3.67. The second-order valence-electron chi connectivity index (χ2n) is 5.40. The van der Waals surface area contributed by atoms with Crippen molar-refractivity contribution in [3.63, 3.8) is 0 Å². The molecule has 0 radical (unpaired) electrons. The van der Waals surface area contributed by atoms with Crippen molar-refractivity contribution in [3.8, 4) is 22.4 Å². The molecule has 0 aliphatic rings. The van der Waals surface area contributed by atoms with Crippen LogP contribution in [0.15, 0.2) is 30.5 Å². The van der Waals surface area contributed by atoms with Crippen molar-refractivity contribution < 1.29 is 0 Å². The Morgan fingerprint density at radius 1 is 1.10 bits per heavy atom. The van der Waals surface area contributed by atoms with Crippen molar-refractivity contribution in [2.75, 3.05) is 5.73 Å². The summed E-state index contributed by atoms with van der Waals surface area (Å²) in [5.41, 5.74) is 12.3. The first-order valence-corrected chi connectivity index (χ1v) is 6.87. The van der Waals surface area contributed by atoms with Gasteiger partial charge in [-0.05, 0) is 19.4 Å². The summed E-state index contributed by atoms with van der Waals surface area (Å²) in [6, 6.07) is 8.31. The second-order valence-corrected chi connectivity index (χ2v) is 5.40. The maximum absolute atomic E-state index is 6.25. The van der Waals surface area contributed by atoms with Gasteiger partial charge in [0.05, 0.1) is 11.3 Å². The van der Waals surface area contributed by atoms with E-state index in [-0.39, 0.29) is 0 Å². The Morgan fingerprint density at radius 3 is 2.48 bits per heavy atom. The fraction of sp³-hybridized carbons (Fsp3) is 0.250. The van der Waals surface area contributed by atoms with Crippen LogP contribution in [0.1, 0.15) is 11.3 Å². The van der Waals surface area contributed by atoms with Crippen LogP contribution in [0.25, 0.3) is 22.4 Å². The molecule has 3 rings (SSSR count). The minimum atomic E-state index is 0.666. The predicted molar refractivity (Wildman–Crippen MR) is 84.7 cm³/mol. The first-order chi connectivity index (χ1) is 9.97. The first-order valence-electron chi connectivity index (χ1n) is 6.87. The Balaban J connectivity index is 2.28. The van der Waals surface area contributed by atoms with Crippen LogP contribution in [-0.4, -0.2) is 19.6 Å². The average molecular weight is 281 g/mol. The molecule has 0 aliphatic heterocycles. The SMILES string of the molecule is Cc1cccc(-c2c(-c3cn(C)nc3C)nn(C)c2N)c1. The van der Waals surface area contributed by atoms with Crippen LogP contribution in [0.3, 0.4) is 0 Å². The first kappa shape index (κ1) is 13.4. The summed E-state index contributed by atoms with van der Waals surface area (Å²) in [7, 11) is 3.78. The molecule has 0 unspecified atom stereocenters. The fourth-order valence-electron chi connectivity index (χ4n) is 2.64. The van der Waals surface area contributed by atoms with Gasteiger partial charge in [-0.15, -0.1) is 0 Å². The van der Waals surface area contributed by atoms with E-state index in [0.29, 0.717) is 5.82 Å². The van der Waals surface area contributed by atoms with Gasteiger partial charge in [-0.2, -0.15) is 10.2 Å². The fourth-order valence-corrected chi connectivity index (χ4v) is 2.64. The standard InChI is InChI=1S/C16H19N5/c1-10-6-5-7-12(8-10)14-15(19-21(4)16(14)17)13-9-20(3)18-11(13)2/h5-9H,17H2,1-4H3. The Kier molecular flexibility index (Phi) is 3.05. The highest BCUT2D eigenvalue weighted by Crippen LogP contribution is 2.37. The molecule has 3 aromatic rings. The monoisotopic (exact) mass is 281 g/mol. The van der Waals surface area contributed by atoms with Gasteiger partial charge < -0.3 is 5.73 Å². The molecule has 2 aromatic heterocycles. The molecule has 0 atom stereocenters. The Bertz CT molecular complexity index is 810. The van der Waals surface area contributed by atoms with Crippen LogP contribution < -0.4 is 5.73 Å². The average Bonchev–Trinajstić information content (AvgIpc) is 2.90. The number of nitrogens with zero attached hydrogens (tertiary/aromatic N) is 4. The highest BCUT2D eigenvalue weighted by atomic mass is 15.3. The van der Waals surface area contributed by atoms with Crippen molar-refractivity contribution in [2.24, 2.45) is 14.1 Å². The predicted octanol–water partition coefficient (Wildman–Crippen LogP) is 2.69. The van der Waals surface area contributed by atoms with Crippen LogP contribution >= 0.6 is 0 Å². The van der Waals surface area contributed by atoms with E-state index < -0.39 is 0 Å². The summed E-state index contributed by atoms with van der Waals surface area (Å²) in [5.74, 6) is 0.666. The lowest BCUT2D eigenvalue weighted by molar-refractivity contribution is 0.756. The van der Waals surface area contributed by atoms with Crippen LogP contribution in [0, 0.1) is 13.8 Å². The van der Waals surface area contributed by atoms with E-state index in [1.165, 1.54) is 5.56 Å². The Morgan fingerprint density at radius 2 is 1.86 bits per heavy atom. The van der Waals surface area contributed by atoms with Crippen molar-refractivity contribution in [1.82, 2.24) is 19.6 Å².